The molecule has 0 amide bonds. The topological polar surface area (TPSA) is 26.0 Å². The summed E-state index contributed by atoms with van der Waals surface area (Å²) in [6, 6.07) is 5.02. The van der Waals surface area contributed by atoms with Gasteiger partial charge in [-0.25, -0.2) is 4.39 Å². The predicted octanol–water partition coefficient (Wildman–Crippen LogP) is 3.28. The van der Waals surface area contributed by atoms with Gasteiger partial charge in [0.25, 0.3) is 0 Å². The molecule has 4 heteroatoms. The first-order chi connectivity index (χ1) is 5.68. The van der Waals surface area contributed by atoms with Crippen LogP contribution >= 0.6 is 22.9 Å². The molecule has 2 N–H and O–H groups in total. The van der Waals surface area contributed by atoms with E-state index in [4.69, 9.17) is 17.3 Å². The van der Waals surface area contributed by atoms with Crippen molar-refractivity contribution in [1.82, 2.24) is 0 Å². The Kier molecular flexibility index (Phi) is 1.70. The Balaban J connectivity index is 2.87. The fourth-order valence-corrected chi connectivity index (χ4v) is 2.26. The van der Waals surface area contributed by atoms with Crippen LogP contribution in [0.25, 0.3) is 10.1 Å². The van der Waals surface area contributed by atoms with Gasteiger partial charge in [-0.05, 0) is 18.2 Å². The van der Waals surface area contributed by atoms with Crippen LogP contribution < -0.4 is 5.73 Å². The minimum Gasteiger partial charge on any atom is -0.399 e. The first-order valence-electron chi connectivity index (χ1n) is 3.31. The van der Waals surface area contributed by atoms with Crippen LogP contribution in [0.3, 0.4) is 0 Å². The molecule has 0 aliphatic rings. The summed E-state index contributed by atoms with van der Waals surface area (Å²) in [6.07, 6.45) is 0. The molecule has 62 valence electrons. The highest BCUT2D eigenvalue weighted by molar-refractivity contribution is 7.22. The standard InChI is InChI=1S/C8H5ClFNS/c9-8-7(10)5-2-1-4(11)3-6(5)12-8/h1-3H,11H2. The fraction of sp³-hybridized carbons (Fsp3) is 0. The molecule has 0 aliphatic carbocycles. The van der Waals surface area contributed by atoms with Crippen molar-refractivity contribution in [2.75, 3.05) is 5.73 Å². The zero-order valence-corrected chi connectivity index (χ0v) is 7.55. The summed E-state index contributed by atoms with van der Waals surface area (Å²) >= 11 is 6.81. The second kappa shape index (κ2) is 2.61. The van der Waals surface area contributed by atoms with Crippen LogP contribution in [-0.4, -0.2) is 0 Å². The summed E-state index contributed by atoms with van der Waals surface area (Å²) in [5.74, 6) is -0.350. The van der Waals surface area contributed by atoms with Crippen molar-refractivity contribution in [3.05, 3.63) is 28.4 Å². The molecule has 0 radical (unpaired) electrons. The number of rotatable bonds is 0. The monoisotopic (exact) mass is 201 g/mol. The van der Waals surface area contributed by atoms with Crippen LogP contribution in [0, 0.1) is 5.82 Å². The van der Waals surface area contributed by atoms with Crippen LogP contribution in [0.4, 0.5) is 10.1 Å². The second-order valence-electron chi connectivity index (χ2n) is 2.45. The van der Waals surface area contributed by atoms with Crippen molar-refractivity contribution >= 4 is 38.7 Å². The van der Waals surface area contributed by atoms with Gasteiger partial charge in [0.05, 0.1) is 0 Å². The van der Waals surface area contributed by atoms with E-state index in [1.807, 2.05) is 0 Å². The molecule has 0 saturated heterocycles. The molecule has 0 unspecified atom stereocenters. The van der Waals surface area contributed by atoms with Crippen molar-refractivity contribution in [3.8, 4) is 0 Å². The number of thiophene rings is 1. The Morgan fingerprint density at radius 3 is 2.92 bits per heavy atom. The number of benzene rings is 1. The summed E-state index contributed by atoms with van der Waals surface area (Å²) in [4.78, 5) is 0. The SMILES string of the molecule is Nc1ccc2c(F)c(Cl)sc2c1. The van der Waals surface area contributed by atoms with E-state index < -0.39 is 0 Å². The summed E-state index contributed by atoms with van der Waals surface area (Å²) in [5, 5.41) is 0.541. The highest BCUT2D eigenvalue weighted by Gasteiger charge is 2.09. The number of nitrogens with two attached hydrogens (primary N) is 1. The van der Waals surface area contributed by atoms with Gasteiger partial charge >= 0.3 is 0 Å². The van der Waals surface area contributed by atoms with Gasteiger partial charge in [0.2, 0.25) is 0 Å². The maximum atomic E-state index is 13.1. The molecule has 0 aliphatic heterocycles. The second-order valence-corrected chi connectivity index (χ2v) is 4.10. The van der Waals surface area contributed by atoms with Gasteiger partial charge in [-0.15, -0.1) is 11.3 Å². The molecule has 12 heavy (non-hydrogen) atoms. The molecule has 1 heterocycles. The molecular weight excluding hydrogens is 197 g/mol. The normalized spacial score (nSPS) is 10.8. The summed E-state index contributed by atoms with van der Waals surface area (Å²) in [5.41, 5.74) is 6.15. The molecule has 0 bridgehead atoms. The number of hydrogen-bond acceptors (Lipinski definition) is 2. The Morgan fingerprint density at radius 1 is 1.42 bits per heavy atom. The first-order valence-corrected chi connectivity index (χ1v) is 4.51. The average molecular weight is 202 g/mol. The van der Waals surface area contributed by atoms with Crippen molar-refractivity contribution < 1.29 is 4.39 Å². The lowest BCUT2D eigenvalue weighted by molar-refractivity contribution is 0.644. The van der Waals surface area contributed by atoms with Crippen LogP contribution in [0.1, 0.15) is 0 Å². The lowest BCUT2D eigenvalue weighted by Gasteiger charge is -1.91. The van der Waals surface area contributed by atoms with E-state index in [0.29, 0.717) is 11.1 Å². The first kappa shape index (κ1) is 7.83. The Morgan fingerprint density at radius 2 is 2.17 bits per heavy atom. The van der Waals surface area contributed by atoms with E-state index in [2.05, 4.69) is 0 Å². The number of halogens is 2. The number of hydrogen-bond donors (Lipinski definition) is 1. The van der Waals surface area contributed by atoms with Crippen molar-refractivity contribution in [2.45, 2.75) is 0 Å². The van der Waals surface area contributed by atoms with Gasteiger partial charge in [0.15, 0.2) is 5.82 Å². The van der Waals surface area contributed by atoms with Crippen LogP contribution in [0.15, 0.2) is 18.2 Å². The molecular formula is C8H5ClFNS. The summed E-state index contributed by atoms with van der Waals surface area (Å²) < 4.78 is 14.1. The maximum absolute atomic E-state index is 13.1. The van der Waals surface area contributed by atoms with E-state index in [1.165, 1.54) is 11.3 Å². The van der Waals surface area contributed by atoms with Gasteiger partial charge in [-0.3, -0.25) is 0 Å². The van der Waals surface area contributed by atoms with E-state index >= 15 is 0 Å². The summed E-state index contributed by atoms with van der Waals surface area (Å²) in [7, 11) is 0. The molecule has 2 aromatic rings. The van der Waals surface area contributed by atoms with E-state index in [0.717, 1.165) is 4.70 Å². The highest BCUT2D eigenvalue weighted by atomic mass is 35.5. The molecule has 1 aromatic carbocycles. The Hall–Kier alpha value is -0.800. The predicted molar refractivity (Wildman–Crippen MR) is 51.2 cm³/mol. The van der Waals surface area contributed by atoms with Crippen LogP contribution in [-0.2, 0) is 0 Å². The van der Waals surface area contributed by atoms with Crippen molar-refractivity contribution in [1.29, 1.82) is 0 Å². The van der Waals surface area contributed by atoms with E-state index in [1.54, 1.807) is 18.2 Å². The molecule has 2 rings (SSSR count). The quantitative estimate of drug-likeness (QED) is 0.651. The van der Waals surface area contributed by atoms with Crippen molar-refractivity contribution in [2.24, 2.45) is 0 Å². The minimum absolute atomic E-state index is 0.190. The van der Waals surface area contributed by atoms with Crippen molar-refractivity contribution in [3.63, 3.8) is 0 Å². The molecule has 0 fully saturated rings. The average Bonchev–Trinajstić information content (AvgIpc) is 2.28. The van der Waals surface area contributed by atoms with Crippen LogP contribution in [0.2, 0.25) is 4.34 Å². The van der Waals surface area contributed by atoms with E-state index in [9.17, 15) is 4.39 Å². The third kappa shape index (κ3) is 1.06. The molecule has 0 spiro atoms. The fourth-order valence-electron chi connectivity index (χ4n) is 1.05. The van der Waals surface area contributed by atoms with Gasteiger partial charge in [-0.2, -0.15) is 0 Å². The van der Waals surface area contributed by atoms with Gasteiger partial charge in [-0.1, -0.05) is 11.6 Å². The number of nitrogen functional groups attached to an aromatic ring is 1. The summed E-state index contributed by atoms with van der Waals surface area (Å²) in [6.45, 7) is 0. The lowest BCUT2D eigenvalue weighted by Crippen LogP contribution is -1.81. The van der Waals surface area contributed by atoms with Gasteiger partial charge in [0.1, 0.15) is 4.34 Å². The molecule has 1 aromatic heterocycles. The van der Waals surface area contributed by atoms with Gasteiger partial charge in [0, 0.05) is 15.8 Å². The number of anilines is 1. The Labute approximate surface area is 77.6 Å². The highest BCUT2D eigenvalue weighted by Crippen LogP contribution is 2.34. The minimum atomic E-state index is -0.350. The zero-order chi connectivity index (χ0) is 8.72. The third-order valence-electron chi connectivity index (χ3n) is 1.61. The number of fused-ring (bicyclic) bond motifs is 1. The van der Waals surface area contributed by atoms with Gasteiger partial charge < -0.3 is 5.73 Å². The largest absolute Gasteiger partial charge is 0.399 e. The zero-order valence-electron chi connectivity index (χ0n) is 5.97. The molecule has 0 saturated carbocycles. The maximum Gasteiger partial charge on any atom is 0.160 e. The molecule has 1 nitrogen and oxygen atoms in total. The molecule has 0 atom stereocenters. The lowest BCUT2D eigenvalue weighted by atomic mass is 10.2. The third-order valence-corrected chi connectivity index (χ3v) is 2.93. The van der Waals surface area contributed by atoms with Crippen LogP contribution in [0.5, 0.6) is 0 Å². The van der Waals surface area contributed by atoms with E-state index in [-0.39, 0.29) is 10.2 Å². The smallest absolute Gasteiger partial charge is 0.160 e. The Bertz CT molecular complexity index is 438.